The van der Waals surface area contributed by atoms with E-state index in [-0.39, 0.29) is 11.8 Å². The Kier molecular flexibility index (Phi) is 6.90. The van der Waals surface area contributed by atoms with Gasteiger partial charge < -0.3 is 18.9 Å². The quantitative estimate of drug-likeness (QED) is 0.622. The second-order valence-electron chi connectivity index (χ2n) is 6.94. The molecule has 152 valence electrons. The maximum absolute atomic E-state index is 12.4. The first-order chi connectivity index (χ1) is 13.6. The molecule has 1 amide bonds. The highest BCUT2D eigenvalue weighted by molar-refractivity contribution is 5.79. The van der Waals surface area contributed by atoms with Crippen LogP contribution in [0.1, 0.15) is 56.8 Å². The van der Waals surface area contributed by atoms with Crippen molar-refractivity contribution in [3.8, 4) is 11.5 Å². The summed E-state index contributed by atoms with van der Waals surface area (Å²) >= 11 is 0. The number of rotatable bonds is 10. The molecule has 1 unspecified atom stereocenters. The number of likely N-dealkylation sites (tertiary alicyclic amines) is 1. The highest BCUT2D eigenvalue weighted by Gasteiger charge is 2.33. The van der Waals surface area contributed by atoms with Crippen LogP contribution >= 0.6 is 0 Å². The van der Waals surface area contributed by atoms with Crippen molar-refractivity contribution in [3.05, 3.63) is 35.5 Å². The second kappa shape index (κ2) is 9.57. The first-order valence-electron chi connectivity index (χ1n) is 10.1. The van der Waals surface area contributed by atoms with Crippen LogP contribution in [-0.4, -0.2) is 47.3 Å². The summed E-state index contributed by atoms with van der Waals surface area (Å²) in [7, 11) is 0. The molecular weight excluding hydrogens is 358 g/mol. The third-order valence-electron chi connectivity index (χ3n) is 4.80. The number of carbonyl (C=O) groups is 1. The summed E-state index contributed by atoms with van der Waals surface area (Å²) < 4.78 is 16.7. The molecule has 7 heteroatoms. The number of amides is 1. The van der Waals surface area contributed by atoms with Crippen molar-refractivity contribution < 1.29 is 18.8 Å². The predicted molar refractivity (Wildman–Crippen MR) is 105 cm³/mol. The maximum atomic E-state index is 12.4. The molecule has 7 nitrogen and oxygen atoms in total. The lowest BCUT2D eigenvalue weighted by molar-refractivity contribution is -0.127. The molecule has 1 aliphatic rings. The fraction of sp³-hybridized carbons (Fsp3) is 0.571. The lowest BCUT2D eigenvalue weighted by atomic mass is 10.1. The van der Waals surface area contributed by atoms with Crippen molar-refractivity contribution in [3.63, 3.8) is 0 Å². The fourth-order valence-electron chi connectivity index (χ4n) is 3.43. The normalized spacial score (nSPS) is 16.6. The Morgan fingerprint density at radius 3 is 2.68 bits per heavy atom. The van der Waals surface area contributed by atoms with Gasteiger partial charge >= 0.3 is 0 Å². The van der Waals surface area contributed by atoms with E-state index in [9.17, 15) is 4.79 Å². The lowest BCUT2D eigenvalue weighted by Gasteiger charge is -2.17. The minimum atomic E-state index is -0.00933. The molecular formula is C21H29N3O4. The molecule has 1 saturated heterocycles. The predicted octanol–water partition coefficient (Wildman–Crippen LogP) is 3.38. The molecule has 1 aliphatic heterocycles. The van der Waals surface area contributed by atoms with Crippen LogP contribution in [0.15, 0.2) is 22.7 Å². The van der Waals surface area contributed by atoms with Crippen molar-refractivity contribution in [1.82, 2.24) is 15.0 Å². The van der Waals surface area contributed by atoms with Gasteiger partial charge in [0.15, 0.2) is 17.3 Å². The van der Waals surface area contributed by atoms with Crippen LogP contribution in [0.2, 0.25) is 0 Å². The van der Waals surface area contributed by atoms with Gasteiger partial charge in [-0.2, -0.15) is 4.98 Å². The monoisotopic (exact) mass is 387 g/mol. The molecule has 0 saturated carbocycles. The van der Waals surface area contributed by atoms with Gasteiger partial charge in [0.05, 0.1) is 19.1 Å². The van der Waals surface area contributed by atoms with Crippen LogP contribution in [0.5, 0.6) is 11.5 Å². The first kappa shape index (κ1) is 20.2. The molecule has 2 heterocycles. The molecule has 0 N–H and O–H groups in total. The van der Waals surface area contributed by atoms with E-state index in [2.05, 4.69) is 17.1 Å². The number of hydrogen-bond acceptors (Lipinski definition) is 6. The number of hydrogen-bond donors (Lipinski definition) is 0. The van der Waals surface area contributed by atoms with E-state index in [0.717, 1.165) is 42.1 Å². The highest BCUT2D eigenvalue weighted by Crippen LogP contribution is 2.30. The van der Waals surface area contributed by atoms with Crippen molar-refractivity contribution in [2.24, 2.45) is 0 Å². The molecule has 3 rings (SSSR count). The van der Waals surface area contributed by atoms with Crippen molar-refractivity contribution in [1.29, 1.82) is 0 Å². The number of carbonyl (C=O) groups excluding carboxylic acids is 1. The van der Waals surface area contributed by atoms with Gasteiger partial charge in [-0.05, 0) is 44.4 Å². The Bertz CT molecular complexity index is 790. The van der Waals surface area contributed by atoms with Gasteiger partial charge in [0.2, 0.25) is 11.8 Å². The number of ether oxygens (including phenoxy) is 2. The third kappa shape index (κ3) is 4.82. The molecule has 2 aromatic rings. The Balaban J connectivity index is 1.59. The van der Waals surface area contributed by atoms with Crippen LogP contribution in [0, 0.1) is 0 Å². The zero-order valence-electron chi connectivity index (χ0n) is 16.9. The molecule has 1 aromatic carbocycles. The fourth-order valence-corrected chi connectivity index (χ4v) is 3.43. The molecule has 0 radical (unpaired) electrons. The summed E-state index contributed by atoms with van der Waals surface area (Å²) in [6, 6.07) is 5.97. The molecule has 1 aromatic heterocycles. The minimum absolute atomic E-state index is 0.00933. The Morgan fingerprint density at radius 1 is 1.14 bits per heavy atom. The summed E-state index contributed by atoms with van der Waals surface area (Å²) in [4.78, 5) is 18.7. The van der Waals surface area contributed by atoms with Crippen LogP contribution in [-0.2, 0) is 17.6 Å². The topological polar surface area (TPSA) is 77.7 Å². The number of aryl methyl sites for hydroxylation is 1. The molecule has 0 aliphatic carbocycles. The maximum Gasteiger partial charge on any atom is 0.232 e. The largest absolute Gasteiger partial charge is 0.490 e. The smallest absolute Gasteiger partial charge is 0.232 e. The summed E-state index contributed by atoms with van der Waals surface area (Å²) in [6.45, 7) is 8.45. The molecule has 1 atom stereocenters. The van der Waals surface area contributed by atoms with Crippen LogP contribution in [0.25, 0.3) is 0 Å². The number of benzene rings is 1. The van der Waals surface area contributed by atoms with Crippen molar-refractivity contribution in [2.45, 2.75) is 52.4 Å². The summed E-state index contributed by atoms with van der Waals surface area (Å²) in [5.74, 6) is 2.94. The van der Waals surface area contributed by atoms with E-state index in [0.29, 0.717) is 38.6 Å². The van der Waals surface area contributed by atoms with Gasteiger partial charge in [0, 0.05) is 25.9 Å². The number of nitrogens with zero attached hydrogens (tertiary/aromatic N) is 3. The van der Waals surface area contributed by atoms with Gasteiger partial charge in [-0.1, -0.05) is 18.1 Å². The molecule has 0 spiro atoms. The van der Waals surface area contributed by atoms with Crippen LogP contribution < -0.4 is 9.47 Å². The zero-order chi connectivity index (χ0) is 19.9. The van der Waals surface area contributed by atoms with Crippen LogP contribution in [0.3, 0.4) is 0 Å². The average molecular weight is 387 g/mol. The molecule has 28 heavy (non-hydrogen) atoms. The second-order valence-corrected chi connectivity index (χ2v) is 6.94. The Hall–Kier alpha value is -2.57. The Labute approximate surface area is 166 Å². The van der Waals surface area contributed by atoms with E-state index < -0.39 is 0 Å². The van der Waals surface area contributed by atoms with Gasteiger partial charge in [-0.3, -0.25) is 4.79 Å². The van der Waals surface area contributed by atoms with Crippen LogP contribution in [0.4, 0.5) is 0 Å². The van der Waals surface area contributed by atoms with E-state index in [1.165, 1.54) is 0 Å². The van der Waals surface area contributed by atoms with Crippen molar-refractivity contribution in [2.75, 3.05) is 26.3 Å². The van der Waals surface area contributed by atoms with E-state index in [1.54, 1.807) is 0 Å². The van der Waals surface area contributed by atoms with E-state index in [1.807, 2.05) is 36.9 Å². The van der Waals surface area contributed by atoms with Gasteiger partial charge in [0.1, 0.15) is 0 Å². The molecule has 1 fully saturated rings. The molecule has 0 bridgehead atoms. The SMILES string of the molecule is CCCc1noc(C2CC(=O)N(CCc3ccc(OCC)c(OCC)c3)C2)n1. The van der Waals surface area contributed by atoms with Gasteiger partial charge in [0.25, 0.3) is 0 Å². The first-order valence-corrected chi connectivity index (χ1v) is 10.1. The average Bonchev–Trinajstić information content (AvgIpc) is 3.29. The van der Waals surface area contributed by atoms with Gasteiger partial charge in [-0.15, -0.1) is 0 Å². The zero-order valence-corrected chi connectivity index (χ0v) is 16.9. The highest BCUT2D eigenvalue weighted by atomic mass is 16.5. The minimum Gasteiger partial charge on any atom is -0.490 e. The standard InChI is InChI=1S/C21H29N3O4/c1-4-7-19-22-21(28-23-19)16-13-20(25)24(14-16)11-10-15-8-9-17(26-5-2)18(12-15)27-6-3/h8-9,12,16H,4-7,10-11,13-14H2,1-3H3. The Morgan fingerprint density at radius 2 is 1.93 bits per heavy atom. The van der Waals surface area contributed by atoms with E-state index in [4.69, 9.17) is 14.0 Å². The van der Waals surface area contributed by atoms with Crippen molar-refractivity contribution >= 4 is 5.91 Å². The summed E-state index contributed by atoms with van der Waals surface area (Å²) in [5.41, 5.74) is 1.12. The van der Waals surface area contributed by atoms with E-state index >= 15 is 0 Å². The number of aromatic nitrogens is 2. The summed E-state index contributed by atoms with van der Waals surface area (Å²) in [5, 5.41) is 4.00. The van der Waals surface area contributed by atoms with Gasteiger partial charge in [-0.25, -0.2) is 0 Å². The lowest BCUT2D eigenvalue weighted by Crippen LogP contribution is -2.27. The third-order valence-corrected chi connectivity index (χ3v) is 4.80. The summed E-state index contributed by atoms with van der Waals surface area (Å²) in [6.07, 6.45) is 2.96.